The first-order chi connectivity index (χ1) is 10.6. The van der Waals surface area contributed by atoms with Gasteiger partial charge in [0.2, 0.25) is 0 Å². The zero-order valence-electron chi connectivity index (χ0n) is 13.5. The first-order valence-electron chi connectivity index (χ1n) is 7.47. The van der Waals surface area contributed by atoms with Crippen molar-refractivity contribution in [2.75, 3.05) is 20.8 Å². The van der Waals surface area contributed by atoms with Crippen molar-refractivity contribution in [3.63, 3.8) is 0 Å². The van der Waals surface area contributed by atoms with Crippen molar-refractivity contribution in [3.8, 4) is 5.75 Å². The van der Waals surface area contributed by atoms with Gasteiger partial charge in [-0.05, 0) is 30.5 Å². The smallest absolute Gasteiger partial charge is 0.309 e. The third-order valence-electron chi connectivity index (χ3n) is 3.32. The van der Waals surface area contributed by atoms with Gasteiger partial charge < -0.3 is 14.2 Å². The summed E-state index contributed by atoms with van der Waals surface area (Å²) in [6.07, 6.45) is 2.48. The molecular formula is C17H24O5. The molecule has 0 spiro atoms. The van der Waals surface area contributed by atoms with Gasteiger partial charge in [0.25, 0.3) is 0 Å². The van der Waals surface area contributed by atoms with E-state index in [1.54, 1.807) is 0 Å². The summed E-state index contributed by atoms with van der Waals surface area (Å²) >= 11 is 0. The van der Waals surface area contributed by atoms with Crippen molar-refractivity contribution in [3.05, 3.63) is 29.8 Å². The van der Waals surface area contributed by atoms with Crippen molar-refractivity contribution in [1.82, 2.24) is 0 Å². The van der Waals surface area contributed by atoms with Crippen LogP contribution >= 0.6 is 0 Å². The minimum atomic E-state index is -0.552. The molecule has 0 aromatic heterocycles. The first-order valence-corrected chi connectivity index (χ1v) is 7.47. The van der Waals surface area contributed by atoms with E-state index in [1.165, 1.54) is 14.2 Å². The Morgan fingerprint density at radius 1 is 1.18 bits per heavy atom. The predicted octanol–water partition coefficient (Wildman–Crippen LogP) is 2.76. The zero-order chi connectivity index (χ0) is 16.4. The van der Waals surface area contributed by atoms with E-state index < -0.39 is 17.9 Å². The number of esters is 2. The van der Waals surface area contributed by atoms with Crippen LogP contribution in [0.3, 0.4) is 0 Å². The average molecular weight is 308 g/mol. The molecule has 0 aliphatic rings. The Labute approximate surface area is 131 Å². The van der Waals surface area contributed by atoms with Gasteiger partial charge in [0, 0.05) is 0 Å². The predicted molar refractivity (Wildman–Crippen MR) is 82.7 cm³/mol. The van der Waals surface area contributed by atoms with E-state index in [9.17, 15) is 9.59 Å². The highest BCUT2D eigenvalue weighted by atomic mass is 16.5. The third kappa shape index (κ3) is 6.16. The number of rotatable bonds is 9. The van der Waals surface area contributed by atoms with Crippen LogP contribution in [0.4, 0.5) is 0 Å². The maximum atomic E-state index is 11.8. The minimum absolute atomic E-state index is 0.00406. The lowest BCUT2D eigenvalue weighted by Crippen LogP contribution is -2.22. The van der Waals surface area contributed by atoms with Crippen LogP contribution in [0.1, 0.15) is 31.7 Å². The van der Waals surface area contributed by atoms with E-state index in [0.717, 1.165) is 24.2 Å². The Morgan fingerprint density at radius 2 is 1.95 bits per heavy atom. The summed E-state index contributed by atoms with van der Waals surface area (Å²) in [5.41, 5.74) is 0.924. The van der Waals surface area contributed by atoms with Gasteiger partial charge in [-0.25, -0.2) is 0 Å². The molecule has 122 valence electrons. The van der Waals surface area contributed by atoms with Crippen LogP contribution in [-0.2, 0) is 25.5 Å². The fourth-order valence-electron chi connectivity index (χ4n) is 2.07. The summed E-state index contributed by atoms with van der Waals surface area (Å²) in [5.74, 6) is -0.621. The number of benzene rings is 1. The summed E-state index contributed by atoms with van der Waals surface area (Å²) in [6, 6.07) is 7.55. The SMILES string of the molecule is CCCCOc1cccc(CC(CC(=O)OC)C(=O)OC)c1. The van der Waals surface area contributed by atoms with Crippen molar-refractivity contribution >= 4 is 11.9 Å². The van der Waals surface area contributed by atoms with Gasteiger partial charge in [-0.2, -0.15) is 0 Å². The molecule has 22 heavy (non-hydrogen) atoms. The fraction of sp³-hybridized carbons (Fsp3) is 0.529. The van der Waals surface area contributed by atoms with Gasteiger partial charge in [-0.15, -0.1) is 0 Å². The molecule has 0 bridgehead atoms. The molecule has 0 radical (unpaired) electrons. The number of unbranched alkanes of at least 4 members (excludes halogenated alkanes) is 1. The number of ether oxygens (including phenoxy) is 3. The molecule has 0 saturated heterocycles. The molecule has 0 aliphatic carbocycles. The number of carbonyl (C=O) groups excluding carboxylic acids is 2. The van der Waals surface area contributed by atoms with E-state index in [-0.39, 0.29) is 6.42 Å². The Morgan fingerprint density at radius 3 is 2.59 bits per heavy atom. The van der Waals surface area contributed by atoms with E-state index >= 15 is 0 Å². The van der Waals surface area contributed by atoms with Gasteiger partial charge >= 0.3 is 11.9 Å². The topological polar surface area (TPSA) is 61.8 Å². The van der Waals surface area contributed by atoms with Crippen molar-refractivity contribution < 1.29 is 23.8 Å². The number of hydrogen-bond donors (Lipinski definition) is 0. The number of hydrogen-bond acceptors (Lipinski definition) is 5. The van der Waals surface area contributed by atoms with Crippen LogP contribution in [0.5, 0.6) is 5.75 Å². The molecule has 0 amide bonds. The molecule has 5 nitrogen and oxygen atoms in total. The van der Waals surface area contributed by atoms with Gasteiger partial charge in [0.1, 0.15) is 5.75 Å². The lowest BCUT2D eigenvalue weighted by Gasteiger charge is -2.14. The highest BCUT2D eigenvalue weighted by Crippen LogP contribution is 2.19. The first kappa shape index (κ1) is 18.0. The lowest BCUT2D eigenvalue weighted by atomic mass is 9.96. The molecule has 1 aromatic carbocycles. The maximum Gasteiger partial charge on any atom is 0.309 e. The Hall–Kier alpha value is -2.04. The lowest BCUT2D eigenvalue weighted by molar-refractivity contribution is -0.151. The van der Waals surface area contributed by atoms with Crippen LogP contribution in [0.15, 0.2) is 24.3 Å². The second-order valence-corrected chi connectivity index (χ2v) is 5.05. The van der Waals surface area contributed by atoms with E-state index in [0.29, 0.717) is 13.0 Å². The Bertz CT molecular complexity index is 484. The highest BCUT2D eigenvalue weighted by Gasteiger charge is 2.23. The maximum absolute atomic E-state index is 11.8. The van der Waals surface area contributed by atoms with Crippen LogP contribution in [0, 0.1) is 5.92 Å². The third-order valence-corrected chi connectivity index (χ3v) is 3.32. The van der Waals surface area contributed by atoms with Gasteiger partial charge in [-0.1, -0.05) is 25.5 Å². The van der Waals surface area contributed by atoms with Crippen molar-refractivity contribution in [1.29, 1.82) is 0 Å². The average Bonchev–Trinajstić information content (AvgIpc) is 2.54. The van der Waals surface area contributed by atoms with E-state index in [2.05, 4.69) is 11.7 Å². The largest absolute Gasteiger partial charge is 0.494 e. The number of methoxy groups -OCH3 is 2. The summed E-state index contributed by atoms with van der Waals surface area (Å²) < 4.78 is 15.0. The number of carbonyl (C=O) groups is 2. The quantitative estimate of drug-likeness (QED) is 0.518. The molecule has 1 unspecified atom stereocenters. The molecule has 1 aromatic rings. The van der Waals surface area contributed by atoms with E-state index in [4.69, 9.17) is 9.47 Å². The standard InChI is InChI=1S/C17H24O5/c1-4-5-9-22-15-8-6-7-13(11-15)10-14(17(19)21-3)12-16(18)20-2/h6-8,11,14H,4-5,9-10,12H2,1-3H3. The zero-order valence-corrected chi connectivity index (χ0v) is 13.5. The summed E-state index contributed by atoms with van der Waals surface area (Å²) in [6.45, 7) is 2.77. The normalized spacial score (nSPS) is 11.6. The molecule has 1 rings (SSSR count). The molecule has 0 saturated carbocycles. The van der Waals surface area contributed by atoms with Gasteiger partial charge in [0.15, 0.2) is 0 Å². The van der Waals surface area contributed by atoms with Crippen LogP contribution in [-0.4, -0.2) is 32.8 Å². The van der Waals surface area contributed by atoms with Crippen molar-refractivity contribution in [2.24, 2.45) is 5.92 Å². The fourth-order valence-corrected chi connectivity index (χ4v) is 2.07. The second-order valence-electron chi connectivity index (χ2n) is 5.05. The van der Waals surface area contributed by atoms with E-state index in [1.807, 2.05) is 24.3 Å². The van der Waals surface area contributed by atoms with Crippen molar-refractivity contribution in [2.45, 2.75) is 32.6 Å². The summed E-state index contributed by atoms with van der Waals surface area (Å²) in [7, 11) is 2.62. The summed E-state index contributed by atoms with van der Waals surface area (Å²) in [4.78, 5) is 23.2. The molecule has 0 aliphatic heterocycles. The molecular weight excluding hydrogens is 284 g/mol. The van der Waals surface area contributed by atoms with Gasteiger partial charge in [0.05, 0.1) is 33.2 Å². The molecule has 0 fully saturated rings. The highest BCUT2D eigenvalue weighted by molar-refractivity contribution is 5.80. The van der Waals surface area contributed by atoms with Crippen LogP contribution in [0.2, 0.25) is 0 Å². The molecule has 1 atom stereocenters. The molecule has 5 heteroatoms. The Balaban J connectivity index is 2.73. The van der Waals surface area contributed by atoms with Crippen LogP contribution in [0.25, 0.3) is 0 Å². The molecule has 0 heterocycles. The van der Waals surface area contributed by atoms with Gasteiger partial charge in [-0.3, -0.25) is 9.59 Å². The molecule has 0 N–H and O–H groups in total. The summed E-state index contributed by atoms with van der Waals surface area (Å²) in [5, 5.41) is 0. The van der Waals surface area contributed by atoms with Crippen LogP contribution < -0.4 is 4.74 Å². The Kier molecular flexibility index (Phi) is 8.04. The second kappa shape index (κ2) is 9.82. The monoisotopic (exact) mass is 308 g/mol. The minimum Gasteiger partial charge on any atom is -0.494 e.